The summed E-state index contributed by atoms with van der Waals surface area (Å²) >= 11 is 0. The summed E-state index contributed by atoms with van der Waals surface area (Å²) in [6.07, 6.45) is 3.11. The fourth-order valence-electron chi connectivity index (χ4n) is 0.730. The minimum Gasteiger partial charge on any atom is -0.450 e. The molecule has 14 heavy (non-hydrogen) atoms. The second kappa shape index (κ2) is 14.7. The largest absolute Gasteiger partial charge is 0.503 e. The van der Waals surface area contributed by atoms with Crippen molar-refractivity contribution in [3.63, 3.8) is 0 Å². The van der Waals surface area contributed by atoms with E-state index >= 15 is 0 Å². The first kappa shape index (κ1) is 15.7. The molecule has 0 aliphatic carbocycles. The molecule has 0 radical (unpaired) electrons. The van der Waals surface area contributed by atoms with E-state index in [2.05, 4.69) is 6.92 Å². The van der Waals surface area contributed by atoms with Gasteiger partial charge in [-0.2, -0.15) is 0 Å². The molecule has 0 amide bonds. The molecule has 0 bridgehead atoms. The van der Waals surface area contributed by atoms with E-state index < -0.39 is 6.16 Å². The van der Waals surface area contributed by atoms with Gasteiger partial charge >= 0.3 is 6.16 Å². The molecule has 0 aliphatic heterocycles. The van der Waals surface area contributed by atoms with Gasteiger partial charge in [-0.3, -0.25) is 0 Å². The smallest absolute Gasteiger partial charge is 0.450 e. The van der Waals surface area contributed by atoms with Crippen molar-refractivity contribution in [3.05, 3.63) is 0 Å². The highest BCUT2D eigenvalue weighted by molar-refractivity contribution is 5.53. The first-order valence-electron chi connectivity index (χ1n) is 4.81. The Balaban J connectivity index is 0. The summed E-state index contributed by atoms with van der Waals surface area (Å²) in [6, 6.07) is 0. The predicted octanol–water partition coefficient (Wildman–Crippen LogP) is 2.76. The van der Waals surface area contributed by atoms with Gasteiger partial charge in [0.15, 0.2) is 0 Å². The summed E-state index contributed by atoms with van der Waals surface area (Å²) in [5.41, 5.74) is 0. The van der Waals surface area contributed by atoms with Crippen molar-refractivity contribution in [2.45, 2.75) is 39.5 Å². The Bertz CT molecular complexity index is 104. The van der Waals surface area contributed by atoms with Crippen LogP contribution in [0.4, 0.5) is 4.79 Å². The Morgan fingerprint density at radius 2 is 1.64 bits per heavy atom. The Hall–Kier alpha value is -0.810. The highest BCUT2D eigenvalue weighted by Crippen LogP contribution is 1.98. The van der Waals surface area contributed by atoms with Crippen molar-refractivity contribution < 1.29 is 24.8 Å². The van der Waals surface area contributed by atoms with E-state index in [1.807, 2.05) is 6.92 Å². The Morgan fingerprint density at radius 1 is 1.07 bits per heavy atom. The molecular weight excluding hydrogens is 188 g/mol. The van der Waals surface area contributed by atoms with Crippen LogP contribution in [0.5, 0.6) is 0 Å². The van der Waals surface area contributed by atoms with Crippen molar-refractivity contribution in [2.24, 2.45) is 0 Å². The third-order valence-corrected chi connectivity index (χ3v) is 1.28. The summed E-state index contributed by atoms with van der Waals surface area (Å²) in [4.78, 5) is 18.1. The van der Waals surface area contributed by atoms with E-state index in [0.29, 0.717) is 6.61 Å². The number of hydrogen-bond acceptors (Lipinski definition) is 3. The third kappa shape index (κ3) is 30.3. The highest BCUT2D eigenvalue weighted by Gasteiger charge is 1.87. The normalized spacial score (nSPS) is 9.00. The minimum atomic E-state index is -1.83. The molecule has 0 saturated carbocycles. The number of carboxylic acid groups (broad SMARTS) is 2. The maximum atomic E-state index is 8.56. The van der Waals surface area contributed by atoms with Crippen LogP contribution < -0.4 is 0 Å². The van der Waals surface area contributed by atoms with Crippen LogP contribution in [0.1, 0.15) is 39.5 Å². The van der Waals surface area contributed by atoms with Crippen LogP contribution in [0.2, 0.25) is 0 Å². The Kier molecular flexibility index (Phi) is 16.4. The Morgan fingerprint density at radius 3 is 2.07 bits per heavy atom. The van der Waals surface area contributed by atoms with E-state index in [4.69, 9.17) is 24.8 Å². The fourth-order valence-corrected chi connectivity index (χ4v) is 0.730. The quantitative estimate of drug-likeness (QED) is 0.382. The predicted molar refractivity (Wildman–Crippen MR) is 52.4 cm³/mol. The zero-order chi connectivity index (χ0) is 11.2. The maximum Gasteiger partial charge on any atom is 0.503 e. The van der Waals surface area contributed by atoms with Gasteiger partial charge in [0, 0.05) is 0 Å². The lowest BCUT2D eigenvalue weighted by Gasteiger charge is -1.99. The number of rotatable bonds is 7. The van der Waals surface area contributed by atoms with Crippen LogP contribution in [0.3, 0.4) is 0 Å². The van der Waals surface area contributed by atoms with E-state index in [1.54, 1.807) is 0 Å². The number of carbonyl (C=O) groups is 1. The van der Waals surface area contributed by atoms with Gasteiger partial charge in [0.1, 0.15) is 0 Å². The molecule has 0 spiro atoms. The molecule has 0 rings (SSSR count). The highest BCUT2D eigenvalue weighted by atomic mass is 17.2. The van der Waals surface area contributed by atoms with Crippen LogP contribution >= 0.6 is 0 Å². The molecule has 0 unspecified atom stereocenters. The molecule has 0 aromatic carbocycles. The van der Waals surface area contributed by atoms with Gasteiger partial charge in [-0.05, 0) is 13.3 Å². The Labute approximate surface area is 84.6 Å². The van der Waals surface area contributed by atoms with Crippen LogP contribution in [-0.2, 0) is 9.78 Å². The van der Waals surface area contributed by atoms with Crippen LogP contribution in [0.15, 0.2) is 0 Å². The SMILES string of the molecule is CCCCCCOOCC.O=C(O)O. The maximum absolute atomic E-state index is 8.56. The molecule has 0 aromatic heterocycles. The van der Waals surface area contributed by atoms with Gasteiger partial charge in [0.05, 0.1) is 13.2 Å². The van der Waals surface area contributed by atoms with Gasteiger partial charge in [-0.1, -0.05) is 26.2 Å². The standard InChI is InChI=1S/C8H18O2.CH2O3/c1-3-5-6-7-8-10-9-4-2;2-1(3)4/h3-8H2,1-2H3;(H2,2,3,4). The van der Waals surface area contributed by atoms with Crippen molar-refractivity contribution in [1.82, 2.24) is 0 Å². The average Bonchev–Trinajstić information content (AvgIpc) is 2.10. The van der Waals surface area contributed by atoms with E-state index in [0.717, 1.165) is 13.0 Å². The summed E-state index contributed by atoms with van der Waals surface area (Å²) < 4.78 is 0. The summed E-state index contributed by atoms with van der Waals surface area (Å²) in [5, 5.41) is 13.9. The molecule has 2 N–H and O–H groups in total. The van der Waals surface area contributed by atoms with Crippen molar-refractivity contribution in [3.8, 4) is 0 Å². The first-order valence-corrected chi connectivity index (χ1v) is 4.81. The molecule has 5 nitrogen and oxygen atoms in total. The summed E-state index contributed by atoms with van der Waals surface area (Å²) in [5.74, 6) is 0. The van der Waals surface area contributed by atoms with Gasteiger partial charge in [0.25, 0.3) is 0 Å². The first-order chi connectivity index (χ1) is 6.65. The number of unbranched alkanes of at least 4 members (excludes halogenated alkanes) is 3. The molecule has 0 aromatic rings. The van der Waals surface area contributed by atoms with Crippen molar-refractivity contribution in [2.75, 3.05) is 13.2 Å². The van der Waals surface area contributed by atoms with Gasteiger partial charge in [-0.15, -0.1) is 0 Å². The van der Waals surface area contributed by atoms with E-state index in [-0.39, 0.29) is 0 Å². The van der Waals surface area contributed by atoms with Crippen molar-refractivity contribution >= 4 is 6.16 Å². The monoisotopic (exact) mass is 208 g/mol. The average molecular weight is 208 g/mol. The molecule has 0 aliphatic rings. The van der Waals surface area contributed by atoms with Crippen LogP contribution in [0, 0.1) is 0 Å². The minimum absolute atomic E-state index is 0.647. The number of hydrogen-bond donors (Lipinski definition) is 2. The molecule has 0 saturated heterocycles. The second-order valence-corrected chi connectivity index (χ2v) is 2.57. The molecular formula is C9H20O5. The van der Waals surface area contributed by atoms with Crippen LogP contribution in [0.25, 0.3) is 0 Å². The zero-order valence-corrected chi connectivity index (χ0v) is 8.86. The lowest BCUT2D eigenvalue weighted by Crippen LogP contribution is -1.95. The second-order valence-electron chi connectivity index (χ2n) is 2.57. The lowest BCUT2D eigenvalue weighted by atomic mass is 10.2. The fraction of sp³-hybridized carbons (Fsp3) is 0.889. The molecule has 5 heteroatoms. The van der Waals surface area contributed by atoms with Gasteiger partial charge in [0.2, 0.25) is 0 Å². The van der Waals surface area contributed by atoms with Gasteiger partial charge < -0.3 is 10.2 Å². The molecule has 86 valence electrons. The molecule has 0 fully saturated rings. The topological polar surface area (TPSA) is 76.0 Å². The van der Waals surface area contributed by atoms with Crippen LogP contribution in [-0.4, -0.2) is 29.6 Å². The van der Waals surface area contributed by atoms with Gasteiger partial charge in [-0.25, -0.2) is 14.6 Å². The third-order valence-electron chi connectivity index (χ3n) is 1.28. The summed E-state index contributed by atoms with van der Waals surface area (Å²) in [6.45, 7) is 5.51. The lowest BCUT2D eigenvalue weighted by molar-refractivity contribution is -0.291. The van der Waals surface area contributed by atoms with Crippen molar-refractivity contribution in [1.29, 1.82) is 0 Å². The summed E-state index contributed by atoms with van der Waals surface area (Å²) in [7, 11) is 0. The van der Waals surface area contributed by atoms with E-state index in [1.165, 1.54) is 19.3 Å². The molecule has 0 heterocycles. The van der Waals surface area contributed by atoms with E-state index in [9.17, 15) is 0 Å². The zero-order valence-electron chi connectivity index (χ0n) is 8.86. The molecule has 0 atom stereocenters.